The van der Waals surface area contributed by atoms with E-state index in [9.17, 15) is 9.18 Å². The van der Waals surface area contributed by atoms with Crippen LogP contribution in [0.5, 0.6) is 0 Å². The Hall–Kier alpha value is -3.75. The van der Waals surface area contributed by atoms with Crippen LogP contribution in [0.25, 0.3) is 0 Å². The van der Waals surface area contributed by atoms with Crippen molar-refractivity contribution in [3.63, 3.8) is 0 Å². The van der Waals surface area contributed by atoms with E-state index in [-0.39, 0.29) is 23.6 Å². The number of hydrogen-bond acceptors (Lipinski definition) is 7. The summed E-state index contributed by atoms with van der Waals surface area (Å²) in [7, 11) is 4.23. The van der Waals surface area contributed by atoms with Crippen LogP contribution in [-0.4, -0.2) is 44.3 Å². The Morgan fingerprint density at radius 1 is 1.00 bits per heavy atom. The first-order chi connectivity index (χ1) is 14.9. The van der Waals surface area contributed by atoms with E-state index in [1.807, 2.05) is 0 Å². The molecule has 0 saturated heterocycles. The van der Waals surface area contributed by atoms with E-state index >= 15 is 0 Å². The van der Waals surface area contributed by atoms with Crippen molar-refractivity contribution in [1.82, 2.24) is 5.32 Å². The highest BCUT2D eigenvalue weighted by Gasteiger charge is 2.18. The number of nitrogens with zero attached hydrogens (tertiary/aromatic N) is 3. The molecular formula is C22H25FN4O4. The number of aryl methyl sites for hydroxylation is 1. The Labute approximate surface area is 180 Å². The van der Waals surface area contributed by atoms with Crippen LogP contribution in [0, 0.1) is 12.7 Å². The lowest BCUT2D eigenvalue weighted by Gasteiger charge is -2.11. The Kier molecular flexibility index (Phi) is 8.68. The summed E-state index contributed by atoms with van der Waals surface area (Å²) in [4.78, 5) is 27.3. The number of amides is 1. The first-order valence-corrected chi connectivity index (χ1v) is 9.39. The normalized spacial score (nSPS) is 12.4. The smallest absolute Gasteiger partial charge is 0.273 e. The van der Waals surface area contributed by atoms with Crippen molar-refractivity contribution in [3.8, 4) is 0 Å². The van der Waals surface area contributed by atoms with Crippen molar-refractivity contribution in [1.29, 1.82) is 0 Å². The second-order valence-corrected chi connectivity index (χ2v) is 6.41. The summed E-state index contributed by atoms with van der Waals surface area (Å²) < 4.78 is 14.4. The summed E-state index contributed by atoms with van der Waals surface area (Å²) in [5.74, 6) is -0.847. The average Bonchev–Trinajstić information content (AvgIpc) is 2.76. The van der Waals surface area contributed by atoms with Crippen LogP contribution >= 0.6 is 0 Å². The molecule has 2 aromatic rings. The van der Waals surface area contributed by atoms with Crippen LogP contribution in [0.15, 0.2) is 57.9 Å². The van der Waals surface area contributed by atoms with Crippen molar-refractivity contribution in [2.45, 2.75) is 20.5 Å². The molecule has 0 spiro atoms. The van der Waals surface area contributed by atoms with Gasteiger partial charge in [0.05, 0.1) is 0 Å². The van der Waals surface area contributed by atoms with E-state index in [1.54, 1.807) is 50.2 Å². The van der Waals surface area contributed by atoms with E-state index in [1.165, 1.54) is 27.3 Å². The number of carbonyl (C=O) groups excluding carboxylic acids is 1. The van der Waals surface area contributed by atoms with Crippen LogP contribution in [0.3, 0.4) is 0 Å². The third-order valence-corrected chi connectivity index (χ3v) is 4.22. The predicted molar refractivity (Wildman–Crippen MR) is 117 cm³/mol. The maximum Gasteiger partial charge on any atom is 0.273 e. The van der Waals surface area contributed by atoms with Gasteiger partial charge in [0.1, 0.15) is 38.1 Å². The molecule has 31 heavy (non-hydrogen) atoms. The Morgan fingerprint density at radius 3 is 2.32 bits per heavy atom. The molecule has 0 aromatic heterocycles. The summed E-state index contributed by atoms with van der Waals surface area (Å²) in [5.41, 5.74) is 2.85. The van der Waals surface area contributed by atoms with Gasteiger partial charge in [-0.1, -0.05) is 45.8 Å². The molecule has 0 fully saturated rings. The van der Waals surface area contributed by atoms with Gasteiger partial charge in [0.15, 0.2) is 5.71 Å². The summed E-state index contributed by atoms with van der Waals surface area (Å²) in [6, 6.07) is 11.8. The molecule has 0 aliphatic rings. The lowest BCUT2D eigenvalue weighted by Crippen LogP contribution is -2.29. The monoisotopic (exact) mass is 428 g/mol. The third kappa shape index (κ3) is 6.11. The summed E-state index contributed by atoms with van der Waals surface area (Å²) >= 11 is 0. The quantitative estimate of drug-likeness (QED) is 0.490. The molecule has 2 rings (SSSR count). The van der Waals surface area contributed by atoms with Crippen molar-refractivity contribution in [2.75, 3.05) is 21.3 Å². The lowest BCUT2D eigenvalue weighted by molar-refractivity contribution is -0.114. The lowest BCUT2D eigenvalue weighted by atomic mass is 10.0. The maximum absolute atomic E-state index is 14.4. The number of hydrogen-bond donors (Lipinski definition) is 1. The second-order valence-electron chi connectivity index (χ2n) is 6.41. The van der Waals surface area contributed by atoms with Gasteiger partial charge in [0, 0.05) is 23.7 Å². The van der Waals surface area contributed by atoms with Crippen LogP contribution in [0.4, 0.5) is 4.39 Å². The number of carbonyl (C=O) groups is 1. The zero-order chi connectivity index (χ0) is 22.8. The highest BCUT2D eigenvalue weighted by molar-refractivity contribution is 6.47. The van der Waals surface area contributed by atoms with Gasteiger partial charge in [-0.05, 0) is 31.5 Å². The summed E-state index contributed by atoms with van der Waals surface area (Å²) in [5, 5.41) is 14.3. The van der Waals surface area contributed by atoms with Crippen LogP contribution in [0.2, 0.25) is 0 Å². The standard InChI is InChI=1S/C22H25FN4O4/c1-14-10-11-18(19(23)12-14)20(26-29-4)15(2)25-31-13-16-8-6-7-9-17(16)21(27-30-5)22(28)24-3/h6-12H,13H2,1-5H3,(H,24,28). The van der Waals surface area contributed by atoms with Gasteiger partial charge in [-0.3, -0.25) is 4.79 Å². The summed E-state index contributed by atoms with van der Waals surface area (Å²) in [6.45, 7) is 3.46. The number of halogens is 1. The minimum atomic E-state index is -0.443. The van der Waals surface area contributed by atoms with Crippen LogP contribution in [-0.2, 0) is 25.9 Å². The van der Waals surface area contributed by atoms with Gasteiger partial charge < -0.3 is 19.8 Å². The number of likely N-dealkylation sites (N-methyl/N-ethyl adjacent to an activating group) is 1. The van der Waals surface area contributed by atoms with E-state index in [0.29, 0.717) is 16.8 Å². The first kappa shape index (κ1) is 23.5. The third-order valence-electron chi connectivity index (χ3n) is 4.22. The molecule has 0 saturated carbocycles. The predicted octanol–water partition coefficient (Wildman–Crippen LogP) is 3.17. The SMILES string of the molecule is CNC(=O)C(=NOC)c1ccccc1CON=C(C)C(=NOC)c1ccc(C)cc1F. The van der Waals surface area contributed by atoms with Gasteiger partial charge in [-0.2, -0.15) is 0 Å². The van der Waals surface area contributed by atoms with E-state index in [0.717, 1.165) is 5.56 Å². The Balaban J connectivity index is 2.28. The van der Waals surface area contributed by atoms with Crippen molar-refractivity contribution >= 4 is 23.0 Å². The molecule has 2 aromatic carbocycles. The number of oxime groups is 3. The topological polar surface area (TPSA) is 93.9 Å². The van der Waals surface area contributed by atoms with Crippen LogP contribution < -0.4 is 5.32 Å². The molecule has 164 valence electrons. The van der Waals surface area contributed by atoms with Gasteiger partial charge in [-0.25, -0.2) is 4.39 Å². The van der Waals surface area contributed by atoms with Gasteiger partial charge in [0.25, 0.3) is 5.91 Å². The second kappa shape index (κ2) is 11.4. The fraction of sp³-hybridized carbons (Fsp3) is 0.273. The molecule has 1 N–H and O–H groups in total. The number of benzene rings is 2. The fourth-order valence-electron chi connectivity index (χ4n) is 2.76. The molecule has 0 aliphatic carbocycles. The fourth-order valence-corrected chi connectivity index (χ4v) is 2.76. The highest BCUT2D eigenvalue weighted by Crippen LogP contribution is 2.15. The zero-order valence-corrected chi connectivity index (χ0v) is 18.1. The molecule has 8 nitrogen and oxygen atoms in total. The number of rotatable bonds is 9. The van der Waals surface area contributed by atoms with E-state index < -0.39 is 11.7 Å². The molecule has 0 radical (unpaired) electrons. The molecular weight excluding hydrogens is 403 g/mol. The minimum Gasteiger partial charge on any atom is -0.399 e. The molecule has 0 aliphatic heterocycles. The molecule has 1 amide bonds. The first-order valence-electron chi connectivity index (χ1n) is 9.39. The van der Waals surface area contributed by atoms with Crippen molar-refractivity contribution in [2.24, 2.45) is 15.5 Å². The van der Waals surface area contributed by atoms with Crippen molar-refractivity contribution in [3.05, 3.63) is 70.5 Å². The maximum atomic E-state index is 14.4. The van der Waals surface area contributed by atoms with E-state index in [2.05, 4.69) is 20.8 Å². The van der Waals surface area contributed by atoms with Gasteiger partial charge >= 0.3 is 0 Å². The molecule has 0 heterocycles. The highest BCUT2D eigenvalue weighted by atomic mass is 19.1. The molecule has 0 atom stereocenters. The Morgan fingerprint density at radius 2 is 1.68 bits per heavy atom. The Bertz CT molecular complexity index is 1020. The minimum absolute atomic E-state index is 0.0316. The van der Waals surface area contributed by atoms with E-state index in [4.69, 9.17) is 14.5 Å². The molecule has 0 bridgehead atoms. The zero-order valence-electron chi connectivity index (χ0n) is 18.1. The average molecular weight is 428 g/mol. The number of nitrogens with one attached hydrogen (secondary N) is 1. The van der Waals surface area contributed by atoms with Gasteiger partial charge in [-0.15, -0.1) is 0 Å². The van der Waals surface area contributed by atoms with Gasteiger partial charge in [0.2, 0.25) is 0 Å². The van der Waals surface area contributed by atoms with Crippen LogP contribution in [0.1, 0.15) is 29.2 Å². The largest absolute Gasteiger partial charge is 0.399 e. The molecule has 0 unspecified atom stereocenters. The van der Waals surface area contributed by atoms with Crippen molar-refractivity contribution < 1.29 is 23.7 Å². The molecule has 9 heteroatoms. The summed E-state index contributed by atoms with van der Waals surface area (Å²) in [6.07, 6.45) is 0.